The summed E-state index contributed by atoms with van der Waals surface area (Å²) in [7, 11) is 0. The van der Waals surface area contributed by atoms with Crippen molar-refractivity contribution in [3.05, 3.63) is 52.2 Å². The van der Waals surface area contributed by atoms with E-state index in [0.29, 0.717) is 50.5 Å². The minimum absolute atomic E-state index is 0.0417. The zero-order chi connectivity index (χ0) is 20.4. The lowest BCUT2D eigenvalue weighted by Crippen LogP contribution is -2.46. The third-order valence-electron chi connectivity index (χ3n) is 5.13. The molecule has 2 aromatic rings. The number of ether oxygens (including phenoxy) is 3. The number of esters is 1. The van der Waals surface area contributed by atoms with Gasteiger partial charge in [0.25, 0.3) is 5.56 Å². The van der Waals surface area contributed by atoms with E-state index in [-0.39, 0.29) is 12.3 Å². The number of hydrogen-bond donors (Lipinski definition) is 0. The monoisotopic (exact) mass is 403 g/mol. The molecule has 1 aromatic heterocycles. The van der Waals surface area contributed by atoms with E-state index in [1.54, 1.807) is 6.92 Å². The lowest BCUT2D eigenvalue weighted by atomic mass is 10.0. The van der Waals surface area contributed by atoms with Crippen LogP contribution >= 0.6 is 0 Å². The molecular formula is C20H22FN3O5. The van der Waals surface area contributed by atoms with E-state index in [4.69, 9.17) is 14.2 Å². The largest absolute Gasteiger partial charge is 0.461 e. The molecule has 8 nitrogen and oxygen atoms in total. The normalized spacial score (nSPS) is 18.2. The number of benzene rings is 1. The maximum absolute atomic E-state index is 13.2. The first-order valence-corrected chi connectivity index (χ1v) is 9.62. The zero-order valence-corrected chi connectivity index (χ0v) is 16.1. The molecule has 0 aliphatic carbocycles. The second kappa shape index (κ2) is 7.92. The van der Waals surface area contributed by atoms with Crippen LogP contribution in [0.15, 0.2) is 35.1 Å². The van der Waals surface area contributed by atoms with Crippen molar-refractivity contribution in [3.8, 4) is 5.69 Å². The first kappa shape index (κ1) is 19.5. The predicted octanol–water partition coefficient (Wildman–Crippen LogP) is 1.89. The number of piperidine rings is 1. The highest BCUT2D eigenvalue weighted by Gasteiger charge is 2.40. The van der Waals surface area contributed by atoms with Gasteiger partial charge < -0.3 is 19.1 Å². The molecule has 2 aliphatic rings. The van der Waals surface area contributed by atoms with Crippen LogP contribution in [0.2, 0.25) is 0 Å². The van der Waals surface area contributed by atoms with Gasteiger partial charge in [-0.25, -0.2) is 9.18 Å². The molecule has 1 aromatic carbocycles. The fourth-order valence-electron chi connectivity index (χ4n) is 3.67. The van der Waals surface area contributed by atoms with Crippen LogP contribution in [0.3, 0.4) is 0 Å². The number of carbonyl (C=O) groups excluding carboxylic acids is 1. The Kier molecular flexibility index (Phi) is 5.33. The van der Waals surface area contributed by atoms with Crippen molar-refractivity contribution >= 4 is 11.7 Å². The van der Waals surface area contributed by atoms with Gasteiger partial charge in [0.15, 0.2) is 11.5 Å². The maximum Gasteiger partial charge on any atom is 0.360 e. The van der Waals surface area contributed by atoms with Crippen LogP contribution in [0.25, 0.3) is 5.69 Å². The SMILES string of the molecule is CCOC(=O)c1nn(-c2ccc(F)cc2)c(=O)cc1N1CCC2(CC1)OCCO2. The summed E-state index contributed by atoms with van der Waals surface area (Å²) in [5, 5.41) is 4.26. The molecule has 3 heterocycles. The van der Waals surface area contributed by atoms with Crippen LogP contribution in [-0.4, -0.2) is 54.4 Å². The van der Waals surface area contributed by atoms with Gasteiger partial charge in [-0.05, 0) is 31.2 Å². The number of aromatic nitrogens is 2. The molecule has 2 saturated heterocycles. The van der Waals surface area contributed by atoms with Crippen molar-refractivity contribution in [1.29, 1.82) is 0 Å². The Hall–Kier alpha value is -2.78. The molecule has 154 valence electrons. The van der Waals surface area contributed by atoms with Gasteiger partial charge in [-0.1, -0.05) is 0 Å². The Morgan fingerprint density at radius 2 is 1.86 bits per heavy atom. The van der Waals surface area contributed by atoms with Crippen molar-refractivity contribution in [2.24, 2.45) is 0 Å². The number of carbonyl (C=O) groups is 1. The molecule has 1 spiro atoms. The van der Waals surface area contributed by atoms with Gasteiger partial charge in [0.2, 0.25) is 0 Å². The topological polar surface area (TPSA) is 82.9 Å². The molecule has 4 rings (SSSR count). The maximum atomic E-state index is 13.2. The summed E-state index contributed by atoms with van der Waals surface area (Å²) < 4.78 is 30.9. The van der Waals surface area contributed by atoms with Crippen LogP contribution in [0, 0.1) is 5.82 Å². The summed E-state index contributed by atoms with van der Waals surface area (Å²) in [6, 6.07) is 6.69. The van der Waals surface area contributed by atoms with Crippen LogP contribution in [0.4, 0.5) is 10.1 Å². The average molecular weight is 403 g/mol. The predicted molar refractivity (Wildman–Crippen MR) is 102 cm³/mol. The van der Waals surface area contributed by atoms with E-state index < -0.39 is 23.1 Å². The van der Waals surface area contributed by atoms with Gasteiger partial charge in [-0.2, -0.15) is 9.78 Å². The first-order chi connectivity index (χ1) is 14.0. The molecule has 0 bridgehead atoms. The Balaban J connectivity index is 1.69. The van der Waals surface area contributed by atoms with Crippen molar-refractivity contribution < 1.29 is 23.4 Å². The minimum atomic E-state index is -0.619. The molecule has 0 amide bonds. The van der Waals surface area contributed by atoms with Gasteiger partial charge >= 0.3 is 5.97 Å². The number of halogens is 1. The van der Waals surface area contributed by atoms with Crippen LogP contribution in [0.5, 0.6) is 0 Å². The highest BCUT2D eigenvalue weighted by Crippen LogP contribution is 2.33. The molecule has 29 heavy (non-hydrogen) atoms. The third-order valence-corrected chi connectivity index (χ3v) is 5.13. The number of anilines is 1. The molecule has 0 atom stereocenters. The standard InChI is InChI=1S/C20H22FN3O5/c1-2-27-19(26)18-16(23-9-7-20(8-10-23)28-11-12-29-20)13-17(25)24(22-18)15-5-3-14(21)4-6-15/h3-6,13H,2,7-12H2,1H3. The highest BCUT2D eigenvalue weighted by atomic mass is 19.1. The van der Waals surface area contributed by atoms with Gasteiger partial charge in [0.05, 0.1) is 31.2 Å². The summed E-state index contributed by atoms with van der Waals surface area (Å²) in [5.74, 6) is -1.62. The molecule has 0 radical (unpaired) electrons. The van der Waals surface area contributed by atoms with E-state index in [1.165, 1.54) is 30.3 Å². The summed E-state index contributed by atoms with van der Waals surface area (Å²) in [5.41, 5.74) is 0.395. The molecule has 0 unspecified atom stereocenters. The fourth-order valence-corrected chi connectivity index (χ4v) is 3.67. The molecule has 0 N–H and O–H groups in total. The lowest BCUT2D eigenvalue weighted by molar-refractivity contribution is -0.169. The zero-order valence-electron chi connectivity index (χ0n) is 16.1. The van der Waals surface area contributed by atoms with Crippen molar-refractivity contribution in [3.63, 3.8) is 0 Å². The van der Waals surface area contributed by atoms with Crippen molar-refractivity contribution in [2.45, 2.75) is 25.6 Å². The van der Waals surface area contributed by atoms with E-state index in [1.807, 2.05) is 4.90 Å². The summed E-state index contributed by atoms with van der Waals surface area (Å²) in [6.07, 6.45) is 1.24. The molecule has 2 fully saturated rings. The van der Waals surface area contributed by atoms with E-state index in [2.05, 4.69) is 5.10 Å². The second-order valence-electron chi connectivity index (χ2n) is 6.92. The Bertz CT molecular complexity index is 944. The van der Waals surface area contributed by atoms with E-state index in [0.717, 1.165) is 4.68 Å². The Labute approximate surface area is 166 Å². The van der Waals surface area contributed by atoms with Gasteiger partial charge in [0.1, 0.15) is 5.82 Å². The molecule has 9 heteroatoms. The highest BCUT2D eigenvalue weighted by molar-refractivity contribution is 5.93. The number of hydrogen-bond acceptors (Lipinski definition) is 7. The van der Waals surface area contributed by atoms with Gasteiger partial charge in [-0.15, -0.1) is 0 Å². The number of nitrogens with zero attached hydrogens (tertiary/aromatic N) is 3. The fraction of sp³-hybridized carbons (Fsp3) is 0.450. The summed E-state index contributed by atoms with van der Waals surface area (Å²) >= 11 is 0. The quantitative estimate of drug-likeness (QED) is 0.721. The Morgan fingerprint density at radius 3 is 2.48 bits per heavy atom. The van der Waals surface area contributed by atoms with Crippen molar-refractivity contribution in [2.75, 3.05) is 37.8 Å². The van der Waals surface area contributed by atoms with Crippen LogP contribution < -0.4 is 10.5 Å². The second-order valence-corrected chi connectivity index (χ2v) is 6.92. The van der Waals surface area contributed by atoms with Crippen molar-refractivity contribution in [1.82, 2.24) is 9.78 Å². The van der Waals surface area contributed by atoms with Gasteiger partial charge in [-0.3, -0.25) is 4.79 Å². The minimum Gasteiger partial charge on any atom is -0.461 e. The average Bonchev–Trinajstić information content (AvgIpc) is 3.17. The molecular weight excluding hydrogens is 381 g/mol. The van der Waals surface area contributed by atoms with E-state index >= 15 is 0 Å². The Morgan fingerprint density at radius 1 is 1.21 bits per heavy atom. The molecule has 2 aliphatic heterocycles. The van der Waals surface area contributed by atoms with Crippen LogP contribution in [0.1, 0.15) is 30.3 Å². The third kappa shape index (κ3) is 3.88. The summed E-state index contributed by atoms with van der Waals surface area (Å²) in [6.45, 7) is 4.13. The van der Waals surface area contributed by atoms with Gasteiger partial charge in [0, 0.05) is 32.0 Å². The summed E-state index contributed by atoms with van der Waals surface area (Å²) in [4.78, 5) is 27.2. The smallest absolute Gasteiger partial charge is 0.360 e. The molecule has 0 saturated carbocycles. The van der Waals surface area contributed by atoms with Crippen LogP contribution in [-0.2, 0) is 14.2 Å². The lowest BCUT2D eigenvalue weighted by Gasteiger charge is -2.38. The number of rotatable bonds is 4. The van der Waals surface area contributed by atoms with E-state index in [9.17, 15) is 14.0 Å². The first-order valence-electron chi connectivity index (χ1n) is 9.62.